The molecule has 30 heavy (non-hydrogen) atoms. The number of para-hydroxylation sites is 1. The zero-order chi connectivity index (χ0) is 22.5. The predicted octanol–water partition coefficient (Wildman–Crippen LogP) is 2.44. The van der Waals surface area contributed by atoms with Gasteiger partial charge >= 0.3 is 0 Å². The summed E-state index contributed by atoms with van der Waals surface area (Å²) in [6, 6.07) is 6.63. The van der Waals surface area contributed by atoms with Crippen molar-refractivity contribution in [2.45, 2.75) is 72.0 Å². The van der Waals surface area contributed by atoms with Crippen molar-refractivity contribution >= 4 is 28.5 Å². The lowest BCUT2D eigenvalue weighted by atomic mass is 9.84. The van der Waals surface area contributed by atoms with Crippen LogP contribution in [0.4, 0.5) is 0 Å². The van der Waals surface area contributed by atoms with E-state index in [0.717, 1.165) is 16.5 Å². The van der Waals surface area contributed by atoms with Crippen LogP contribution in [0.1, 0.15) is 53.0 Å². The Morgan fingerprint density at radius 1 is 1.10 bits per heavy atom. The normalized spacial score (nSPS) is 13.9. The van der Waals surface area contributed by atoms with Crippen LogP contribution in [0.25, 0.3) is 10.9 Å². The Morgan fingerprint density at radius 3 is 2.37 bits per heavy atom. The van der Waals surface area contributed by atoms with Gasteiger partial charge in [-0.15, -0.1) is 0 Å². The molecule has 0 fully saturated rings. The number of aromatic amines is 1. The highest BCUT2D eigenvalue weighted by molar-refractivity contribution is 5.94. The molecule has 0 spiro atoms. The summed E-state index contributed by atoms with van der Waals surface area (Å²) in [7, 11) is 0. The van der Waals surface area contributed by atoms with Gasteiger partial charge in [-0.25, -0.2) is 0 Å². The summed E-state index contributed by atoms with van der Waals surface area (Å²) >= 11 is 0. The monoisotopic (exact) mass is 414 g/mol. The molecule has 0 aliphatic rings. The van der Waals surface area contributed by atoms with Crippen LogP contribution >= 0.6 is 0 Å². The van der Waals surface area contributed by atoms with Crippen LogP contribution in [0.15, 0.2) is 30.5 Å². The van der Waals surface area contributed by atoms with Crippen LogP contribution < -0.4 is 16.4 Å². The summed E-state index contributed by atoms with van der Waals surface area (Å²) in [5, 5.41) is 7.14. The van der Waals surface area contributed by atoms with Crippen LogP contribution in [0.3, 0.4) is 0 Å². The van der Waals surface area contributed by atoms with E-state index >= 15 is 0 Å². The first-order chi connectivity index (χ1) is 14.0. The number of fused-ring (bicyclic) bond motifs is 1. The molecule has 0 radical (unpaired) electrons. The van der Waals surface area contributed by atoms with Gasteiger partial charge in [-0.05, 0) is 18.1 Å². The lowest BCUT2D eigenvalue weighted by Crippen LogP contribution is -2.54. The maximum atomic E-state index is 13.2. The number of rotatable bonds is 10. The van der Waals surface area contributed by atoms with Gasteiger partial charge < -0.3 is 21.4 Å². The standard InChI is InChI=1S/C23H34N4O3/c1-14(2)26-18(10-11-20(24)28)22(30)27-19(21(29)23(3,4)5)12-15-13-25-17-9-7-6-8-16(15)17/h6-9,13-14,18-19,25-26H,10-12H2,1-5H3,(H2,24,28)(H,27,30)/t18-,19?/m0/s1. The van der Waals surface area contributed by atoms with E-state index in [2.05, 4.69) is 15.6 Å². The van der Waals surface area contributed by atoms with E-state index in [1.54, 1.807) is 0 Å². The van der Waals surface area contributed by atoms with Crippen LogP contribution in [0, 0.1) is 5.41 Å². The van der Waals surface area contributed by atoms with Crippen LogP contribution in [-0.2, 0) is 20.8 Å². The van der Waals surface area contributed by atoms with Gasteiger partial charge in [0.05, 0.1) is 12.1 Å². The summed E-state index contributed by atoms with van der Waals surface area (Å²) in [6.45, 7) is 9.39. The van der Waals surface area contributed by atoms with Crippen molar-refractivity contribution in [1.29, 1.82) is 0 Å². The number of benzene rings is 1. The third-order valence-electron chi connectivity index (χ3n) is 5.00. The van der Waals surface area contributed by atoms with Crippen LogP contribution in [0.5, 0.6) is 0 Å². The van der Waals surface area contributed by atoms with E-state index in [9.17, 15) is 14.4 Å². The van der Waals surface area contributed by atoms with Crippen LogP contribution in [-0.4, -0.2) is 40.7 Å². The number of hydrogen-bond donors (Lipinski definition) is 4. The van der Waals surface area contributed by atoms with Crippen molar-refractivity contribution < 1.29 is 14.4 Å². The Morgan fingerprint density at radius 2 is 1.77 bits per heavy atom. The highest BCUT2D eigenvalue weighted by Crippen LogP contribution is 2.23. The molecule has 1 heterocycles. The van der Waals surface area contributed by atoms with E-state index in [-0.39, 0.29) is 30.6 Å². The molecule has 164 valence electrons. The summed E-state index contributed by atoms with van der Waals surface area (Å²) in [6.07, 6.45) is 2.65. The molecule has 1 unspecified atom stereocenters. The van der Waals surface area contributed by atoms with Gasteiger partial charge in [0.15, 0.2) is 5.78 Å². The number of ketones is 1. The quantitative estimate of drug-likeness (QED) is 0.478. The highest BCUT2D eigenvalue weighted by atomic mass is 16.2. The number of hydrogen-bond acceptors (Lipinski definition) is 4. The second-order valence-electron chi connectivity index (χ2n) is 9.12. The fourth-order valence-electron chi connectivity index (χ4n) is 3.50. The molecule has 0 bridgehead atoms. The third-order valence-corrected chi connectivity index (χ3v) is 5.00. The van der Waals surface area contributed by atoms with Crippen molar-refractivity contribution in [3.8, 4) is 0 Å². The number of amides is 2. The summed E-state index contributed by atoms with van der Waals surface area (Å²) in [5.74, 6) is -0.800. The van der Waals surface area contributed by atoms with E-state index < -0.39 is 23.4 Å². The minimum Gasteiger partial charge on any atom is -0.370 e. The molecule has 7 nitrogen and oxygen atoms in total. The van der Waals surface area contributed by atoms with Crippen molar-refractivity contribution in [3.63, 3.8) is 0 Å². The van der Waals surface area contributed by atoms with Gasteiger partial charge in [0.2, 0.25) is 11.8 Å². The second kappa shape index (κ2) is 9.89. The highest BCUT2D eigenvalue weighted by Gasteiger charge is 2.33. The summed E-state index contributed by atoms with van der Waals surface area (Å²) in [5.41, 5.74) is 6.61. The fraction of sp³-hybridized carbons (Fsp3) is 0.522. The molecule has 2 amide bonds. The minimum absolute atomic E-state index is 0.0408. The number of carbonyl (C=O) groups excluding carboxylic acids is 3. The first-order valence-corrected chi connectivity index (χ1v) is 10.4. The van der Waals surface area contributed by atoms with Gasteiger partial charge in [0.1, 0.15) is 0 Å². The lowest BCUT2D eigenvalue weighted by Gasteiger charge is -2.28. The topological polar surface area (TPSA) is 117 Å². The SMILES string of the molecule is CC(C)N[C@@H](CCC(N)=O)C(=O)NC(Cc1c[nH]c2ccccc12)C(=O)C(C)(C)C. The van der Waals surface area contributed by atoms with Crippen molar-refractivity contribution in [1.82, 2.24) is 15.6 Å². The molecular formula is C23H34N4O3. The van der Waals surface area contributed by atoms with Gasteiger partial charge in [-0.1, -0.05) is 52.8 Å². The van der Waals surface area contributed by atoms with Crippen molar-refractivity contribution in [2.24, 2.45) is 11.1 Å². The third kappa shape index (κ3) is 6.42. The van der Waals surface area contributed by atoms with E-state index in [4.69, 9.17) is 5.73 Å². The molecule has 1 aromatic carbocycles. The Labute approximate surface area is 178 Å². The minimum atomic E-state index is -0.679. The molecule has 1 aromatic heterocycles. The van der Waals surface area contributed by atoms with E-state index in [1.807, 2.05) is 65.1 Å². The molecule has 2 rings (SSSR count). The van der Waals surface area contributed by atoms with Gasteiger partial charge in [0.25, 0.3) is 0 Å². The van der Waals surface area contributed by atoms with E-state index in [0.29, 0.717) is 6.42 Å². The fourth-order valence-corrected chi connectivity index (χ4v) is 3.50. The Balaban J connectivity index is 2.26. The maximum absolute atomic E-state index is 13.2. The molecule has 0 aliphatic heterocycles. The number of H-pyrrole nitrogens is 1. The molecule has 7 heteroatoms. The molecular weight excluding hydrogens is 380 g/mol. The number of carbonyl (C=O) groups is 3. The summed E-state index contributed by atoms with van der Waals surface area (Å²) in [4.78, 5) is 40.6. The van der Waals surface area contributed by atoms with Gasteiger partial charge in [-0.3, -0.25) is 14.4 Å². The van der Waals surface area contributed by atoms with Gasteiger partial charge in [-0.2, -0.15) is 0 Å². The Kier molecular flexibility index (Phi) is 7.78. The van der Waals surface area contributed by atoms with E-state index in [1.165, 1.54) is 0 Å². The Bertz CT molecular complexity index is 895. The largest absolute Gasteiger partial charge is 0.370 e. The average molecular weight is 415 g/mol. The van der Waals surface area contributed by atoms with Crippen molar-refractivity contribution in [3.05, 3.63) is 36.0 Å². The lowest BCUT2D eigenvalue weighted by molar-refractivity contribution is -0.133. The first-order valence-electron chi connectivity index (χ1n) is 10.4. The molecule has 0 saturated heterocycles. The smallest absolute Gasteiger partial charge is 0.237 e. The number of nitrogens with two attached hydrogens (primary N) is 1. The maximum Gasteiger partial charge on any atom is 0.237 e. The molecule has 0 saturated carbocycles. The predicted molar refractivity (Wildman–Crippen MR) is 119 cm³/mol. The number of aromatic nitrogens is 1. The number of nitrogens with one attached hydrogen (secondary N) is 3. The summed E-state index contributed by atoms with van der Waals surface area (Å²) < 4.78 is 0. The van der Waals surface area contributed by atoms with Crippen molar-refractivity contribution in [2.75, 3.05) is 0 Å². The molecule has 0 aliphatic carbocycles. The zero-order valence-corrected chi connectivity index (χ0v) is 18.5. The first kappa shape index (κ1) is 23.6. The second-order valence-corrected chi connectivity index (χ2v) is 9.12. The average Bonchev–Trinajstić information content (AvgIpc) is 3.05. The molecule has 2 atom stereocenters. The number of primary amides is 1. The molecule has 5 N–H and O–H groups in total. The number of Topliss-reactive ketones (excluding diaryl/α,β-unsaturated/α-hetero) is 1. The van der Waals surface area contributed by atoms with Gasteiger partial charge in [0, 0.05) is 41.4 Å². The zero-order valence-electron chi connectivity index (χ0n) is 18.5. The Hall–Kier alpha value is -2.67. The van der Waals surface area contributed by atoms with Crippen LogP contribution in [0.2, 0.25) is 0 Å². The molecule has 2 aromatic rings.